The molecule has 0 aliphatic heterocycles. The minimum Gasteiger partial charge on any atom is -0.491 e. The first-order valence-corrected chi connectivity index (χ1v) is 4.64. The molecule has 0 amide bonds. The zero-order valence-corrected chi connectivity index (χ0v) is 8.78. The van der Waals surface area contributed by atoms with Gasteiger partial charge in [-0.15, -0.1) is 12.1 Å². The van der Waals surface area contributed by atoms with Crippen LogP contribution in [0.2, 0.25) is 5.02 Å². The highest BCUT2D eigenvalue weighted by atomic mass is 35.5. The molecule has 0 saturated carbocycles. The zero-order valence-electron chi connectivity index (χ0n) is 8.02. The Morgan fingerprint density at radius 3 is 2.50 bits per heavy atom. The molecule has 16 heavy (non-hydrogen) atoms. The average molecular weight is 253 g/mol. The summed E-state index contributed by atoms with van der Waals surface area (Å²) in [6, 6.07) is 3.16. The van der Waals surface area contributed by atoms with E-state index in [-0.39, 0.29) is 10.8 Å². The van der Waals surface area contributed by atoms with Gasteiger partial charge in [-0.05, 0) is 18.2 Å². The van der Waals surface area contributed by atoms with Crippen molar-refractivity contribution in [2.24, 2.45) is 0 Å². The van der Waals surface area contributed by atoms with Crippen LogP contribution in [-0.4, -0.2) is 13.6 Å². The van der Waals surface area contributed by atoms with Crippen LogP contribution in [0.5, 0.6) is 5.75 Å². The molecule has 88 valence electrons. The van der Waals surface area contributed by atoms with Gasteiger partial charge in [0.2, 0.25) is 0 Å². The second-order valence-electron chi connectivity index (χ2n) is 3.10. The molecule has 7 heteroatoms. The third-order valence-corrected chi connectivity index (χ3v) is 2.07. The van der Waals surface area contributed by atoms with Crippen molar-refractivity contribution in [2.75, 3.05) is 6.61 Å². The molecule has 0 aromatic heterocycles. The lowest BCUT2D eigenvalue weighted by molar-refractivity contribution is 0.346. The summed E-state index contributed by atoms with van der Waals surface area (Å²) < 4.78 is 53.7. The quantitative estimate of drug-likeness (QED) is 0.586. The van der Waals surface area contributed by atoms with Gasteiger partial charge in [0.05, 0.1) is 11.6 Å². The Hall–Kier alpha value is -1.17. The molecule has 1 nitrogen and oxygen atoms in total. The Balaban J connectivity index is 2.65. The van der Waals surface area contributed by atoms with Gasteiger partial charge in [0, 0.05) is 0 Å². The normalized spacial score (nSPS) is 11.3. The van der Waals surface area contributed by atoms with Gasteiger partial charge in [-0.25, -0.2) is 4.39 Å². The largest absolute Gasteiger partial charge is 0.508 e. The Morgan fingerprint density at radius 2 is 2.00 bits per heavy atom. The summed E-state index contributed by atoms with van der Waals surface area (Å²) in [4.78, 5) is 0. The molecule has 0 heterocycles. The molecule has 0 radical (unpaired) electrons. The van der Waals surface area contributed by atoms with Crippen molar-refractivity contribution in [3.8, 4) is 5.75 Å². The Labute approximate surface area is 94.7 Å². The van der Waals surface area contributed by atoms with E-state index >= 15 is 0 Å². The smallest absolute Gasteiger partial charge is 0.491 e. The average Bonchev–Trinajstić information content (AvgIpc) is 2.14. The summed E-state index contributed by atoms with van der Waals surface area (Å²) in [6.45, 7) is -2.99. The standard InChI is InChI=1S/C9H7BClF4O/c1-6(10(13,14)15)5-16-9-3-2-7(12)4-8(9)11/h2-4H,1,5H2/q-1. The van der Waals surface area contributed by atoms with Crippen LogP contribution in [0.3, 0.4) is 0 Å². The number of ether oxygens (including phenoxy) is 1. The van der Waals surface area contributed by atoms with E-state index in [1.807, 2.05) is 0 Å². The third kappa shape index (κ3) is 3.45. The Kier molecular flexibility index (Phi) is 3.85. The van der Waals surface area contributed by atoms with Crippen LogP contribution in [0, 0.1) is 5.82 Å². The van der Waals surface area contributed by atoms with E-state index in [2.05, 4.69) is 6.58 Å². The molecule has 0 aliphatic carbocycles. The van der Waals surface area contributed by atoms with E-state index in [0.717, 1.165) is 18.2 Å². The predicted octanol–water partition coefficient (Wildman–Crippen LogP) is 3.80. The molecule has 0 unspecified atom stereocenters. The second kappa shape index (κ2) is 4.78. The minimum atomic E-state index is -5.12. The number of halogens is 5. The minimum absolute atomic E-state index is 0.00994. The topological polar surface area (TPSA) is 9.23 Å². The van der Waals surface area contributed by atoms with E-state index < -0.39 is 24.9 Å². The van der Waals surface area contributed by atoms with Gasteiger partial charge in [0.15, 0.2) is 0 Å². The van der Waals surface area contributed by atoms with E-state index in [9.17, 15) is 17.3 Å². The molecule has 0 saturated heterocycles. The molecule has 1 rings (SSSR count). The fourth-order valence-corrected chi connectivity index (χ4v) is 1.08. The first kappa shape index (κ1) is 12.9. The van der Waals surface area contributed by atoms with Gasteiger partial charge in [-0.3, -0.25) is 0 Å². The second-order valence-corrected chi connectivity index (χ2v) is 3.50. The Bertz CT molecular complexity index is 405. The van der Waals surface area contributed by atoms with Crippen LogP contribution in [0.1, 0.15) is 0 Å². The molecule has 0 bridgehead atoms. The van der Waals surface area contributed by atoms with Gasteiger partial charge in [-0.2, -0.15) is 0 Å². The summed E-state index contributed by atoms with van der Waals surface area (Å²) in [5.41, 5.74) is -0.972. The van der Waals surface area contributed by atoms with Crippen LogP contribution in [0.4, 0.5) is 17.3 Å². The molecule has 0 fully saturated rings. The van der Waals surface area contributed by atoms with Gasteiger partial charge >= 0.3 is 6.98 Å². The summed E-state index contributed by atoms with van der Waals surface area (Å²) in [6.07, 6.45) is 0. The fourth-order valence-electron chi connectivity index (χ4n) is 0.857. The highest BCUT2D eigenvalue weighted by Gasteiger charge is 2.27. The summed E-state index contributed by atoms with van der Waals surface area (Å²) >= 11 is 5.56. The first-order valence-electron chi connectivity index (χ1n) is 4.26. The number of benzene rings is 1. The lowest BCUT2D eigenvalue weighted by Gasteiger charge is -2.18. The van der Waals surface area contributed by atoms with Crippen LogP contribution in [-0.2, 0) is 0 Å². The molecule has 1 aromatic rings. The lowest BCUT2D eigenvalue weighted by Crippen LogP contribution is -2.23. The summed E-state index contributed by atoms with van der Waals surface area (Å²) in [7, 11) is 0. The molecule has 0 spiro atoms. The summed E-state index contributed by atoms with van der Waals surface area (Å²) in [5, 5.41) is -0.0810. The molecule has 0 aliphatic rings. The molecule has 1 aromatic carbocycles. The summed E-state index contributed by atoms with van der Waals surface area (Å²) in [5.74, 6) is -0.597. The van der Waals surface area contributed by atoms with Crippen molar-refractivity contribution >= 4 is 18.6 Å². The van der Waals surface area contributed by atoms with Gasteiger partial charge in [0.1, 0.15) is 11.6 Å². The zero-order chi connectivity index (χ0) is 12.3. The predicted molar refractivity (Wildman–Crippen MR) is 55.1 cm³/mol. The maximum atomic E-state index is 12.6. The third-order valence-electron chi connectivity index (χ3n) is 1.77. The molecule has 0 N–H and O–H groups in total. The van der Waals surface area contributed by atoms with Crippen LogP contribution in [0.15, 0.2) is 30.3 Å². The van der Waals surface area contributed by atoms with Crippen molar-refractivity contribution in [1.82, 2.24) is 0 Å². The number of rotatable bonds is 4. The first-order chi connectivity index (χ1) is 7.30. The fraction of sp³-hybridized carbons (Fsp3) is 0.111. The van der Waals surface area contributed by atoms with Gasteiger partial charge in [0.25, 0.3) is 0 Å². The van der Waals surface area contributed by atoms with E-state index in [4.69, 9.17) is 16.3 Å². The maximum absolute atomic E-state index is 12.6. The van der Waals surface area contributed by atoms with Crippen molar-refractivity contribution < 1.29 is 22.1 Å². The lowest BCUT2D eigenvalue weighted by atomic mass is 9.81. The van der Waals surface area contributed by atoms with Crippen molar-refractivity contribution in [3.63, 3.8) is 0 Å². The van der Waals surface area contributed by atoms with Crippen molar-refractivity contribution in [3.05, 3.63) is 41.1 Å². The van der Waals surface area contributed by atoms with Gasteiger partial charge < -0.3 is 17.7 Å². The molecule has 0 atom stereocenters. The van der Waals surface area contributed by atoms with E-state index in [1.54, 1.807) is 0 Å². The highest BCUT2D eigenvalue weighted by Crippen LogP contribution is 2.26. The molecular weight excluding hydrogens is 246 g/mol. The Morgan fingerprint density at radius 1 is 1.38 bits per heavy atom. The monoisotopic (exact) mass is 253 g/mol. The highest BCUT2D eigenvalue weighted by molar-refractivity contribution is 6.66. The van der Waals surface area contributed by atoms with Crippen LogP contribution >= 0.6 is 11.6 Å². The van der Waals surface area contributed by atoms with E-state index in [1.165, 1.54) is 0 Å². The van der Waals surface area contributed by atoms with E-state index in [0.29, 0.717) is 0 Å². The van der Waals surface area contributed by atoms with Crippen molar-refractivity contribution in [2.45, 2.75) is 0 Å². The van der Waals surface area contributed by atoms with Gasteiger partial charge in [-0.1, -0.05) is 11.6 Å². The van der Waals surface area contributed by atoms with Crippen LogP contribution in [0.25, 0.3) is 0 Å². The number of hydrogen-bond donors (Lipinski definition) is 0. The van der Waals surface area contributed by atoms with Crippen LogP contribution < -0.4 is 4.74 Å². The van der Waals surface area contributed by atoms with Crippen molar-refractivity contribution in [1.29, 1.82) is 0 Å². The molecular formula is C9H7BClF4O-. The SMILES string of the molecule is C=C(COc1ccc(F)cc1Cl)[B-](F)(F)F. The maximum Gasteiger partial charge on any atom is 0.508 e. The number of hydrogen-bond acceptors (Lipinski definition) is 1.